The maximum absolute atomic E-state index is 12.1. The number of hydrogen-bond donors (Lipinski definition) is 1. The molecule has 0 saturated heterocycles. The predicted molar refractivity (Wildman–Crippen MR) is 86.9 cm³/mol. The number of carbonyl (C=O) groups excluding carboxylic acids is 1. The van der Waals surface area contributed by atoms with Crippen LogP contribution in [0.25, 0.3) is 6.08 Å². The van der Waals surface area contributed by atoms with Crippen LogP contribution in [0.5, 0.6) is 6.01 Å². The fraction of sp³-hybridized carbons (Fsp3) is 0.235. The molecule has 0 aliphatic rings. The molecular weight excluding hydrogens is 278 g/mol. The third-order valence-electron chi connectivity index (χ3n) is 3.28. The van der Waals surface area contributed by atoms with Crippen LogP contribution >= 0.6 is 0 Å². The lowest BCUT2D eigenvalue weighted by atomic mass is 10.1. The minimum atomic E-state index is -0.219. The number of aryl methyl sites for hydroxylation is 3. The molecule has 1 N–H and O–H groups in total. The van der Waals surface area contributed by atoms with Gasteiger partial charge in [-0.3, -0.25) is 4.79 Å². The molecule has 5 heteroatoms. The zero-order valence-corrected chi connectivity index (χ0v) is 13.2. The number of anilines is 1. The zero-order valence-electron chi connectivity index (χ0n) is 13.2. The molecule has 0 aliphatic carbocycles. The number of benzene rings is 1. The van der Waals surface area contributed by atoms with Gasteiger partial charge < -0.3 is 10.1 Å². The quantitative estimate of drug-likeness (QED) is 0.881. The van der Waals surface area contributed by atoms with Crippen molar-refractivity contribution >= 4 is 17.7 Å². The Hall–Kier alpha value is -2.69. The van der Waals surface area contributed by atoms with E-state index < -0.39 is 0 Å². The Bertz CT molecular complexity index is 701. The number of ether oxygens (including phenoxy) is 1. The highest BCUT2D eigenvalue weighted by Crippen LogP contribution is 2.19. The average Bonchev–Trinajstić information content (AvgIpc) is 2.49. The lowest BCUT2D eigenvalue weighted by molar-refractivity contribution is -0.111. The second-order valence-corrected chi connectivity index (χ2v) is 4.94. The summed E-state index contributed by atoms with van der Waals surface area (Å²) < 4.78 is 5.01. The van der Waals surface area contributed by atoms with Crippen molar-refractivity contribution in [3.63, 3.8) is 0 Å². The van der Waals surface area contributed by atoms with Gasteiger partial charge in [0.25, 0.3) is 0 Å². The van der Waals surface area contributed by atoms with Crippen LogP contribution in [0.15, 0.2) is 30.3 Å². The lowest BCUT2D eigenvalue weighted by Crippen LogP contribution is -2.12. The molecule has 0 bridgehead atoms. The van der Waals surface area contributed by atoms with Crippen LogP contribution in [-0.4, -0.2) is 23.0 Å². The molecule has 1 aromatic heterocycles. The molecule has 1 heterocycles. The molecular formula is C17H19N3O2. The maximum atomic E-state index is 12.1. The molecule has 1 amide bonds. The van der Waals surface area contributed by atoms with Crippen molar-refractivity contribution in [1.29, 1.82) is 0 Å². The summed E-state index contributed by atoms with van der Waals surface area (Å²) in [5, 5.41) is 2.81. The van der Waals surface area contributed by atoms with Crippen molar-refractivity contribution in [2.75, 3.05) is 12.4 Å². The lowest BCUT2D eigenvalue weighted by Gasteiger charge is -2.10. The Labute approximate surface area is 130 Å². The maximum Gasteiger partial charge on any atom is 0.316 e. The van der Waals surface area contributed by atoms with Crippen molar-refractivity contribution in [2.45, 2.75) is 20.8 Å². The van der Waals surface area contributed by atoms with Gasteiger partial charge in [0.15, 0.2) is 0 Å². The summed E-state index contributed by atoms with van der Waals surface area (Å²) in [4.78, 5) is 20.4. The molecule has 22 heavy (non-hydrogen) atoms. The van der Waals surface area contributed by atoms with E-state index in [0.717, 1.165) is 11.1 Å². The number of nitrogens with one attached hydrogen (secondary N) is 1. The van der Waals surface area contributed by atoms with Gasteiger partial charge in [-0.05, 0) is 38.0 Å². The van der Waals surface area contributed by atoms with Gasteiger partial charge in [-0.2, -0.15) is 9.97 Å². The molecule has 0 atom stereocenters. The third-order valence-corrected chi connectivity index (χ3v) is 3.28. The zero-order chi connectivity index (χ0) is 16.1. The monoisotopic (exact) mass is 297 g/mol. The van der Waals surface area contributed by atoms with Crippen LogP contribution in [0.3, 0.4) is 0 Å². The van der Waals surface area contributed by atoms with E-state index in [9.17, 15) is 4.79 Å². The van der Waals surface area contributed by atoms with Crippen molar-refractivity contribution in [2.24, 2.45) is 0 Å². The van der Waals surface area contributed by atoms with E-state index >= 15 is 0 Å². The minimum absolute atomic E-state index is 0.219. The molecule has 0 spiro atoms. The van der Waals surface area contributed by atoms with Gasteiger partial charge in [0.2, 0.25) is 5.91 Å². The summed E-state index contributed by atoms with van der Waals surface area (Å²) in [5.74, 6) is -0.219. The Balaban J connectivity index is 2.15. The third kappa shape index (κ3) is 3.69. The number of methoxy groups -OCH3 is 1. The van der Waals surface area contributed by atoms with Gasteiger partial charge in [0.05, 0.1) is 24.2 Å². The Morgan fingerprint density at radius 3 is 2.36 bits per heavy atom. The van der Waals surface area contributed by atoms with Crippen molar-refractivity contribution < 1.29 is 9.53 Å². The summed E-state index contributed by atoms with van der Waals surface area (Å²) in [5.41, 5.74) is 4.08. The van der Waals surface area contributed by atoms with Gasteiger partial charge in [0, 0.05) is 6.08 Å². The SMILES string of the molecule is COc1nc(C)c(NC(=O)/C=C/c2ccccc2C)c(C)n1. The van der Waals surface area contributed by atoms with Crippen molar-refractivity contribution in [1.82, 2.24) is 9.97 Å². The fourth-order valence-corrected chi connectivity index (χ4v) is 2.06. The van der Waals surface area contributed by atoms with E-state index in [0.29, 0.717) is 23.1 Å². The van der Waals surface area contributed by atoms with E-state index in [-0.39, 0.29) is 5.91 Å². The van der Waals surface area contributed by atoms with Crippen molar-refractivity contribution in [3.05, 3.63) is 52.9 Å². The van der Waals surface area contributed by atoms with E-state index in [1.807, 2.05) is 31.2 Å². The van der Waals surface area contributed by atoms with Crippen LogP contribution in [0.4, 0.5) is 5.69 Å². The van der Waals surface area contributed by atoms with Crippen LogP contribution in [0, 0.1) is 20.8 Å². The van der Waals surface area contributed by atoms with E-state index in [1.165, 1.54) is 13.2 Å². The summed E-state index contributed by atoms with van der Waals surface area (Å²) in [6.45, 7) is 5.61. The molecule has 1 aromatic carbocycles. The molecule has 114 valence electrons. The number of hydrogen-bond acceptors (Lipinski definition) is 4. The van der Waals surface area contributed by atoms with Crippen LogP contribution in [-0.2, 0) is 4.79 Å². The van der Waals surface area contributed by atoms with Crippen LogP contribution < -0.4 is 10.1 Å². The molecule has 5 nitrogen and oxygen atoms in total. The summed E-state index contributed by atoms with van der Waals surface area (Å²) >= 11 is 0. The Morgan fingerprint density at radius 2 is 1.77 bits per heavy atom. The molecule has 2 aromatic rings. The van der Waals surface area contributed by atoms with Crippen LogP contribution in [0.2, 0.25) is 0 Å². The summed E-state index contributed by atoms with van der Waals surface area (Å²) in [6, 6.07) is 8.17. The first-order valence-electron chi connectivity index (χ1n) is 6.95. The van der Waals surface area contributed by atoms with E-state index in [4.69, 9.17) is 4.74 Å². The number of aromatic nitrogens is 2. The average molecular weight is 297 g/mol. The Kier molecular flexibility index (Phi) is 4.88. The molecule has 0 unspecified atom stereocenters. The minimum Gasteiger partial charge on any atom is -0.467 e. The molecule has 2 rings (SSSR count). The van der Waals surface area contributed by atoms with Gasteiger partial charge in [-0.25, -0.2) is 0 Å². The summed E-state index contributed by atoms with van der Waals surface area (Å²) in [7, 11) is 1.51. The second kappa shape index (κ2) is 6.85. The molecule has 0 radical (unpaired) electrons. The van der Waals surface area contributed by atoms with Gasteiger partial charge in [-0.1, -0.05) is 24.3 Å². The predicted octanol–water partition coefficient (Wildman–Crippen LogP) is 3.06. The number of amides is 1. The first-order chi connectivity index (χ1) is 10.5. The molecule has 0 fully saturated rings. The largest absolute Gasteiger partial charge is 0.467 e. The molecule has 0 aliphatic heterocycles. The van der Waals surface area contributed by atoms with Gasteiger partial charge >= 0.3 is 6.01 Å². The standard InChI is InChI=1S/C17H19N3O2/c1-11-7-5-6-8-14(11)9-10-15(21)20-16-12(2)18-17(22-4)19-13(16)3/h5-10H,1-4H3,(H,20,21)/b10-9+. The highest BCUT2D eigenvalue weighted by atomic mass is 16.5. The highest BCUT2D eigenvalue weighted by Gasteiger charge is 2.10. The number of carbonyl (C=O) groups is 1. The number of rotatable bonds is 4. The number of nitrogens with zero attached hydrogens (tertiary/aromatic N) is 2. The topological polar surface area (TPSA) is 64.1 Å². The Morgan fingerprint density at radius 1 is 1.14 bits per heavy atom. The van der Waals surface area contributed by atoms with Gasteiger partial charge in [-0.15, -0.1) is 0 Å². The highest BCUT2D eigenvalue weighted by molar-refractivity contribution is 6.02. The fourth-order valence-electron chi connectivity index (χ4n) is 2.06. The summed E-state index contributed by atoms with van der Waals surface area (Å²) in [6.07, 6.45) is 3.30. The van der Waals surface area contributed by atoms with Gasteiger partial charge in [0.1, 0.15) is 0 Å². The smallest absolute Gasteiger partial charge is 0.316 e. The first kappa shape index (κ1) is 15.7. The van der Waals surface area contributed by atoms with E-state index in [1.54, 1.807) is 19.9 Å². The van der Waals surface area contributed by atoms with Crippen LogP contribution in [0.1, 0.15) is 22.5 Å². The second-order valence-electron chi connectivity index (χ2n) is 4.94. The normalized spacial score (nSPS) is 10.7. The first-order valence-corrected chi connectivity index (χ1v) is 6.95. The van der Waals surface area contributed by atoms with Crippen molar-refractivity contribution in [3.8, 4) is 6.01 Å². The molecule has 0 saturated carbocycles. The van der Waals surface area contributed by atoms with E-state index in [2.05, 4.69) is 15.3 Å².